The molecule has 0 radical (unpaired) electrons. The van der Waals surface area contributed by atoms with Gasteiger partial charge >= 0.3 is 0 Å². The van der Waals surface area contributed by atoms with Crippen LogP contribution in [0.25, 0.3) is 0 Å². The fraction of sp³-hybridized carbons (Fsp3) is 0.692. The number of nitrogen functional groups attached to an aromatic ring is 1. The van der Waals surface area contributed by atoms with Crippen molar-refractivity contribution in [1.29, 1.82) is 0 Å². The molecule has 0 aliphatic heterocycles. The van der Waals surface area contributed by atoms with E-state index >= 15 is 0 Å². The molecule has 6 heteroatoms. The second-order valence-electron chi connectivity index (χ2n) is 5.38. The molecule has 0 bridgehead atoms. The Morgan fingerprint density at radius 1 is 1.37 bits per heavy atom. The van der Waals surface area contributed by atoms with Gasteiger partial charge in [-0.2, -0.15) is 11.8 Å². The Morgan fingerprint density at radius 2 is 2.05 bits per heavy atom. The number of aromatic nitrogens is 2. The minimum atomic E-state index is 0.321. The molecular weight excluding hydrogens is 258 g/mol. The van der Waals surface area contributed by atoms with Gasteiger partial charge in [0, 0.05) is 16.9 Å². The van der Waals surface area contributed by atoms with E-state index in [1.165, 1.54) is 19.3 Å². The number of hydrogen-bond donors (Lipinski definition) is 3. The SMILES string of the molecule is CSC1(CNc2ncnc(NN)c2C(C)C)CCC1. The van der Waals surface area contributed by atoms with Crippen molar-refractivity contribution in [3.05, 3.63) is 11.9 Å². The van der Waals surface area contributed by atoms with Crippen LogP contribution in [-0.4, -0.2) is 27.5 Å². The van der Waals surface area contributed by atoms with Crippen LogP contribution in [0, 0.1) is 0 Å². The smallest absolute Gasteiger partial charge is 0.148 e. The summed E-state index contributed by atoms with van der Waals surface area (Å²) in [5.74, 6) is 7.46. The van der Waals surface area contributed by atoms with Gasteiger partial charge in [-0.05, 0) is 25.0 Å². The van der Waals surface area contributed by atoms with E-state index in [0.717, 1.165) is 17.9 Å². The van der Waals surface area contributed by atoms with Gasteiger partial charge in [0.25, 0.3) is 0 Å². The predicted octanol–water partition coefficient (Wildman–Crippen LogP) is 2.58. The molecule has 1 aromatic rings. The molecule has 0 spiro atoms. The lowest BCUT2D eigenvalue weighted by molar-refractivity contribution is 0.379. The standard InChI is InChI=1S/C13H23N5S/c1-9(2)10-11(16-8-17-12(10)18-14)15-7-13(19-3)5-4-6-13/h8-9H,4-7,14H2,1-3H3,(H2,15,16,17,18). The Morgan fingerprint density at radius 3 is 2.53 bits per heavy atom. The zero-order valence-corrected chi connectivity index (χ0v) is 12.7. The van der Waals surface area contributed by atoms with E-state index in [0.29, 0.717) is 16.5 Å². The molecule has 1 aromatic heterocycles. The van der Waals surface area contributed by atoms with E-state index in [2.05, 4.69) is 40.8 Å². The first-order valence-corrected chi connectivity index (χ1v) is 7.95. The molecule has 106 valence electrons. The highest BCUT2D eigenvalue weighted by Gasteiger charge is 2.36. The number of hydrogen-bond acceptors (Lipinski definition) is 6. The maximum Gasteiger partial charge on any atom is 0.148 e. The van der Waals surface area contributed by atoms with Crippen LogP contribution in [0.3, 0.4) is 0 Å². The number of nitrogens with zero attached hydrogens (tertiary/aromatic N) is 2. The van der Waals surface area contributed by atoms with Gasteiger partial charge in [0.05, 0.1) is 0 Å². The van der Waals surface area contributed by atoms with Crippen LogP contribution in [-0.2, 0) is 0 Å². The molecule has 1 aliphatic rings. The van der Waals surface area contributed by atoms with Gasteiger partial charge in [-0.1, -0.05) is 20.3 Å². The molecule has 0 aromatic carbocycles. The molecule has 0 atom stereocenters. The Hall–Kier alpha value is -1.01. The first kappa shape index (κ1) is 14.4. The predicted molar refractivity (Wildman–Crippen MR) is 82.5 cm³/mol. The highest BCUT2D eigenvalue weighted by molar-refractivity contribution is 8.00. The average Bonchev–Trinajstić information content (AvgIpc) is 2.37. The third kappa shape index (κ3) is 2.95. The van der Waals surface area contributed by atoms with Crippen LogP contribution in [0.5, 0.6) is 0 Å². The zero-order valence-electron chi connectivity index (χ0n) is 11.9. The van der Waals surface area contributed by atoms with Gasteiger partial charge in [0.15, 0.2) is 0 Å². The van der Waals surface area contributed by atoms with E-state index < -0.39 is 0 Å². The number of hydrazine groups is 1. The molecule has 5 nitrogen and oxygen atoms in total. The lowest BCUT2D eigenvalue weighted by Gasteiger charge is -2.40. The minimum absolute atomic E-state index is 0.321. The molecule has 0 amide bonds. The van der Waals surface area contributed by atoms with Crippen LogP contribution in [0.2, 0.25) is 0 Å². The quantitative estimate of drug-likeness (QED) is 0.549. The zero-order chi connectivity index (χ0) is 13.9. The molecule has 19 heavy (non-hydrogen) atoms. The average molecular weight is 281 g/mol. The van der Waals surface area contributed by atoms with Gasteiger partial charge in [-0.15, -0.1) is 0 Å². The first-order chi connectivity index (χ1) is 9.12. The second-order valence-corrected chi connectivity index (χ2v) is 6.65. The molecule has 1 aliphatic carbocycles. The molecule has 1 fully saturated rings. The maximum absolute atomic E-state index is 5.53. The monoisotopic (exact) mass is 281 g/mol. The molecular formula is C13H23N5S. The van der Waals surface area contributed by atoms with Crippen molar-refractivity contribution in [3.63, 3.8) is 0 Å². The fourth-order valence-corrected chi connectivity index (χ4v) is 3.38. The van der Waals surface area contributed by atoms with E-state index in [4.69, 9.17) is 5.84 Å². The number of rotatable bonds is 6. The van der Waals surface area contributed by atoms with Crippen LogP contribution in [0.15, 0.2) is 6.33 Å². The molecule has 1 saturated carbocycles. The van der Waals surface area contributed by atoms with E-state index in [-0.39, 0.29) is 0 Å². The second kappa shape index (κ2) is 5.96. The molecule has 0 saturated heterocycles. The molecule has 4 N–H and O–H groups in total. The number of anilines is 2. The van der Waals surface area contributed by atoms with Crippen LogP contribution < -0.4 is 16.6 Å². The van der Waals surface area contributed by atoms with Crippen molar-refractivity contribution in [1.82, 2.24) is 9.97 Å². The summed E-state index contributed by atoms with van der Waals surface area (Å²) in [6.07, 6.45) is 7.64. The van der Waals surface area contributed by atoms with Gasteiger partial charge in [-0.3, -0.25) is 0 Å². The highest BCUT2D eigenvalue weighted by atomic mass is 32.2. The molecule has 2 rings (SSSR count). The highest BCUT2D eigenvalue weighted by Crippen LogP contribution is 2.43. The number of nitrogens with two attached hydrogens (primary N) is 1. The summed E-state index contributed by atoms with van der Waals surface area (Å²) in [7, 11) is 0. The van der Waals surface area contributed by atoms with Gasteiger partial charge in [0.2, 0.25) is 0 Å². The Labute approximate surface area is 119 Å². The summed E-state index contributed by atoms with van der Waals surface area (Å²) in [5, 5.41) is 3.50. The first-order valence-electron chi connectivity index (χ1n) is 6.72. The topological polar surface area (TPSA) is 75.9 Å². The molecule has 0 unspecified atom stereocenters. The summed E-state index contributed by atoms with van der Waals surface area (Å²) >= 11 is 1.96. The summed E-state index contributed by atoms with van der Waals surface area (Å²) in [6.45, 7) is 5.20. The third-order valence-electron chi connectivity index (χ3n) is 3.87. The van der Waals surface area contributed by atoms with Crippen LogP contribution >= 0.6 is 11.8 Å². The summed E-state index contributed by atoms with van der Waals surface area (Å²) < 4.78 is 0.384. The summed E-state index contributed by atoms with van der Waals surface area (Å²) in [6, 6.07) is 0. The van der Waals surface area contributed by atoms with Gasteiger partial charge in [0.1, 0.15) is 18.0 Å². The van der Waals surface area contributed by atoms with Crippen molar-refractivity contribution >= 4 is 23.4 Å². The van der Waals surface area contributed by atoms with E-state index in [1.807, 2.05) is 11.8 Å². The van der Waals surface area contributed by atoms with Gasteiger partial charge in [-0.25, -0.2) is 15.8 Å². The Bertz CT molecular complexity index is 426. The lowest BCUT2D eigenvalue weighted by Crippen LogP contribution is -2.40. The van der Waals surface area contributed by atoms with Crippen molar-refractivity contribution in [2.45, 2.75) is 43.8 Å². The van der Waals surface area contributed by atoms with Crippen molar-refractivity contribution in [2.24, 2.45) is 5.84 Å². The number of nitrogens with one attached hydrogen (secondary N) is 2. The van der Waals surface area contributed by atoms with Crippen molar-refractivity contribution in [2.75, 3.05) is 23.5 Å². The number of thioether (sulfide) groups is 1. The van der Waals surface area contributed by atoms with Crippen molar-refractivity contribution in [3.8, 4) is 0 Å². The van der Waals surface area contributed by atoms with Crippen LogP contribution in [0.4, 0.5) is 11.6 Å². The maximum atomic E-state index is 5.53. The van der Waals surface area contributed by atoms with Crippen LogP contribution in [0.1, 0.15) is 44.6 Å². The van der Waals surface area contributed by atoms with E-state index in [1.54, 1.807) is 6.33 Å². The molecule has 1 heterocycles. The normalized spacial score (nSPS) is 17.1. The minimum Gasteiger partial charge on any atom is -0.368 e. The van der Waals surface area contributed by atoms with Crippen molar-refractivity contribution < 1.29 is 0 Å². The lowest BCUT2D eigenvalue weighted by atomic mass is 9.84. The third-order valence-corrected chi connectivity index (χ3v) is 5.29. The Kier molecular flexibility index (Phi) is 4.52. The van der Waals surface area contributed by atoms with Gasteiger partial charge < -0.3 is 10.7 Å². The fourth-order valence-electron chi connectivity index (χ4n) is 2.47. The summed E-state index contributed by atoms with van der Waals surface area (Å²) in [4.78, 5) is 8.56. The van der Waals surface area contributed by atoms with E-state index in [9.17, 15) is 0 Å². The largest absolute Gasteiger partial charge is 0.368 e. The Balaban J connectivity index is 2.15. The summed E-state index contributed by atoms with van der Waals surface area (Å²) in [5.41, 5.74) is 3.72.